The maximum Gasteiger partial charge on any atom is 0.164 e. The van der Waals surface area contributed by atoms with Gasteiger partial charge in [-0.3, -0.25) is 0 Å². The van der Waals surface area contributed by atoms with Gasteiger partial charge in [-0.1, -0.05) is 34.6 Å². The summed E-state index contributed by atoms with van der Waals surface area (Å²) in [5.41, 5.74) is 1.07. The lowest BCUT2D eigenvalue weighted by Gasteiger charge is -2.63. The molecular weight excluding hydrogens is 460 g/mol. The first-order chi connectivity index (χ1) is 17.0. The molecule has 1 aliphatic heterocycles. The average molecular weight is 517 g/mol. The van der Waals surface area contributed by atoms with Crippen molar-refractivity contribution >= 4 is 0 Å². The van der Waals surface area contributed by atoms with Crippen molar-refractivity contribution in [1.29, 1.82) is 0 Å². The number of aliphatic hydroxyl groups excluding tert-OH is 2. The summed E-state index contributed by atoms with van der Waals surface area (Å²) in [4.78, 5) is 0. The first-order valence-electron chi connectivity index (χ1n) is 15.7. The lowest BCUT2D eigenvalue weighted by molar-refractivity contribution is -0.162. The molecule has 0 aromatic carbocycles. The van der Waals surface area contributed by atoms with Crippen molar-refractivity contribution in [2.24, 2.45) is 50.7 Å². The molecule has 6 fully saturated rings. The third-order valence-electron chi connectivity index (χ3n) is 14.4. The molecule has 4 nitrogen and oxygen atoms in total. The summed E-state index contributed by atoms with van der Waals surface area (Å²) in [6.45, 7) is 20.6. The van der Waals surface area contributed by atoms with Gasteiger partial charge in [0.15, 0.2) is 5.79 Å². The highest BCUT2D eigenvalue weighted by molar-refractivity contribution is 5.31. The molecular formula is C33H56O4. The highest BCUT2D eigenvalue weighted by Gasteiger charge is 2.82. The standard InChI is InChI=1S/C33H56O4/c1-20(10-13-25-28(4,5)37-29(6,7)36-25)26-21(34)18-31(9)23-12-11-22-27(2,3)24(35)14-15-32(22)19-33(23,32)17-16-30(26,31)8/h20-26,34-35H,10-19H2,1-9H3/t20-,21+,22+,23+,24+,25+,26+,30-,31+,32-,33+/m1/s1. The Morgan fingerprint density at radius 2 is 1.46 bits per heavy atom. The van der Waals surface area contributed by atoms with E-state index in [1.807, 2.05) is 13.8 Å². The molecule has 5 aliphatic carbocycles. The number of ether oxygens (including phenoxy) is 2. The van der Waals surface area contributed by atoms with E-state index < -0.39 is 5.79 Å². The van der Waals surface area contributed by atoms with Crippen LogP contribution in [0.2, 0.25) is 0 Å². The van der Waals surface area contributed by atoms with Crippen LogP contribution in [0.4, 0.5) is 0 Å². The Balaban J connectivity index is 1.23. The summed E-state index contributed by atoms with van der Waals surface area (Å²) >= 11 is 0. The maximum atomic E-state index is 11.7. The maximum absolute atomic E-state index is 11.7. The van der Waals surface area contributed by atoms with Gasteiger partial charge in [-0.05, 0) is 143 Å². The van der Waals surface area contributed by atoms with E-state index in [1.165, 1.54) is 38.5 Å². The van der Waals surface area contributed by atoms with Crippen molar-refractivity contribution in [1.82, 2.24) is 0 Å². The molecule has 6 aliphatic rings. The molecule has 0 unspecified atom stereocenters. The largest absolute Gasteiger partial charge is 0.393 e. The molecule has 5 saturated carbocycles. The van der Waals surface area contributed by atoms with Crippen LogP contribution in [0, 0.1) is 50.7 Å². The quantitative estimate of drug-likeness (QED) is 0.418. The lowest BCUT2D eigenvalue weighted by atomic mass is 9.41. The Morgan fingerprint density at radius 1 is 0.811 bits per heavy atom. The molecule has 0 amide bonds. The van der Waals surface area contributed by atoms with Gasteiger partial charge in [0, 0.05) is 0 Å². The van der Waals surface area contributed by atoms with Crippen LogP contribution < -0.4 is 0 Å². The normalized spacial score (nSPS) is 55.5. The van der Waals surface area contributed by atoms with E-state index in [1.54, 1.807) is 0 Å². The van der Waals surface area contributed by atoms with E-state index in [-0.39, 0.29) is 40.2 Å². The van der Waals surface area contributed by atoms with Crippen LogP contribution in [0.1, 0.15) is 127 Å². The molecule has 0 bridgehead atoms. The topological polar surface area (TPSA) is 58.9 Å². The number of hydrogen-bond donors (Lipinski definition) is 2. The van der Waals surface area contributed by atoms with Gasteiger partial charge in [-0.25, -0.2) is 0 Å². The van der Waals surface area contributed by atoms with E-state index in [0.717, 1.165) is 31.6 Å². The van der Waals surface area contributed by atoms with E-state index in [2.05, 4.69) is 48.5 Å². The van der Waals surface area contributed by atoms with Gasteiger partial charge < -0.3 is 19.7 Å². The van der Waals surface area contributed by atoms with Gasteiger partial charge in [0.25, 0.3) is 0 Å². The fraction of sp³-hybridized carbons (Fsp3) is 1.00. The van der Waals surface area contributed by atoms with Gasteiger partial charge in [-0.15, -0.1) is 0 Å². The van der Waals surface area contributed by atoms with Crippen molar-refractivity contribution in [2.75, 3.05) is 0 Å². The van der Waals surface area contributed by atoms with Crippen LogP contribution in [0.5, 0.6) is 0 Å². The summed E-state index contributed by atoms with van der Waals surface area (Å²) in [6.07, 6.45) is 11.5. The fourth-order valence-electron chi connectivity index (χ4n) is 12.7. The zero-order valence-electron chi connectivity index (χ0n) is 25.3. The van der Waals surface area contributed by atoms with E-state index in [9.17, 15) is 10.2 Å². The predicted octanol–water partition coefficient (Wildman–Crippen LogP) is 7.10. The van der Waals surface area contributed by atoms with Gasteiger partial charge in [-0.2, -0.15) is 0 Å². The fourth-order valence-corrected chi connectivity index (χ4v) is 12.7. The second-order valence-corrected chi connectivity index (χ2v) is 16.9. The number of hydrogen-bond acceptors (Lipinski definition) is 4. The van der Waals surface area contributed by atoms with Gasteiger partial charge in [0.2, 0.25) is 0 Å². The minimum Gasteiger partial charge on any atom is -0.393 e. The van der Waals surface area contributed by atoms with Gasteiger partial charge in [0.1, 0.15) is 0 Å². The Morgan fingerprint density at radius 3 is 2.11 bits per heavy atom. The smallest absolute Gasteiger partial charge is 0.164 e. The van der Waals surface area contributed by atoms with Crippen LogP contribution in [-0.4, -0.2) is 39.9 Å². The molecule has 2 N–H and O–H groups in total. The average Bonchev–Trinajstić information content (AvgIpc) is 3.30. The van der Waals surface area contributed by atoms with Crippen molar-refractivity contribution in [3.05, 3.63) is 0 Å². The highest BCUT2D eigenvalue weighted by atomic mass is 16.8. The van der Waals surface area contributed by atoms with E-state index >= 15 is 0 Å². The third kappa shape index (κ3) is 3.34. The minimum absolute atomic E-state index is 0.0367. The summed E-state index contributed by atoms with van der Waals surface area (Å²) in [7, 11) is 0. The van der Waals surface area contributed by atoms with Crippen LogP contribution in [0.25, 0.3) is 0 Å². The number of rotatable bonds is 4. The predicted molar refractivity (Wildman–Crippen MR) is 147 cm³/mol. The molecule has 4 heteroatoms. The monoisotopic (exact) mass is 516 g/mol. The minimum atomic E-state index is -0.519. The molecule has 2 spiro atoms. The molecule has 0 aromatic heterocycles. The summed E-state index contributed by atoms with van der Waals surface area (Å²) in [5, 5.41) is 22.7. The molecule has 6 rings (SSSR count). The van der Waals surface area contributed by atoms with Crippen molar-refractivity contribution in [3.8, 4) is 0 Å². The van der Waals surface area contributed by atoms with E-state index in [0.29, 0.717) is 28.6 Å². The Kier molecular flexibility index (Phi) is 5.67. The van der Waals surface area contributed by atoms with Crippen LogP contribution in [0.15, 0.2) is 0 Å². The van der Waals surface area contributed by atoms with Crippen LogP contribution in [0.3, 0.4) is 0 Å². The SMILES string of the molecule is C[C@H](CC[C@@H]1OC(C)(C)OC1(C)C)[C@H]1[C@@H](O)C[C@@]2(C)[C@@H]3CC[C@H]4C(C)(C)[C@@H](O)CC[C@@]45C[C@@]35CC[C@]12C. The summed E-state index contributed by atoms with van der Waals surface area (Å²) in [6, 6.07) is 0. The number of aliphatic hydroxyl groups is 2. The highest BCUT2D eigenvalue weighted by Crippen LogP contribution is 2.89. The van der Waals surface area contributed by atoms with Crippen molar-refractivity contribution < 1.29 is 19.7 Å². The van der Waals surface area contributed by atoms with Gasteiger partial charge >= 0.3 is 0 Å². The zero-order valence-corrected chi connectivity index (χ0v) is 25.3. The molecule has 37 heavy (non-hydrogen) atoms. The summed E-state index contributed by atoms with van der Waals surface area (Å²) < 4.78 is 12.5. The Bertz CT molecular complexity index is 941. The first-order valence-corrected chi connectivity index (χ1v) is 15.7. The van der Waals surface area contributed by atoms with Gasteiger partial charge in [0.05, 0.1) is 23.9 Å². The van der Waals surface area contributed by atoms with Crippen LogP contribution >= 0.6 is 0 Å². The molecule has 1 heterocycles. The second-order valence-electron chi connectivity index (χ2n) is 16.9. The van der Waals surface area contributed by atoms with Crippen LogP contribution in [-0.2, 0) is 9.47 Å². The Labute approximate surface area is 226 Å². The molecule has 0 aromatic rings. The molecule has 1 saturated heterocycles. The molecule has 11 atom stereocenters. The molecule has 212 valence electrons. The number of fused-ring (bicyclic) bond motifs is 2. The lowest BCUT2D eigenvalue weighted by Crippen LogP contribution is -2.57. The zero-order chi connectivity index (χ0) is 27.0. The summed E-state index contributed by atoms with van der Waals surface area (Å²) in [5.74, 6) is 1.68. The second kappa shape index (κ2) is 7.77. The molecule has 0 radical (unpaired) electrons. The van der Waals surface area contributed by atoms with Crippen molar-refractivity contribution in [2.45, 2.75) is 156 Å². The third-order valence-corrected chi connectivity index (χ3v) is 14.4. The Hall–Kier alpha value is -0.160. The first kappa shape index (κ1) is 27.0. The van der Waals surface area contributed by atoms with E-state index in [4.69, 9.17) is 9.47 Å². The van der Waals surface area contributed by atoms with Crippen molar-refractivity contribution in [3.63, 3.8) is 0 Å².